The van der Waals surface area contributed by atoms with Crippen molar-refractivity contribution in [3.63, 3.8) is 0 Å². The highest BCUT2D eigenvalue weighted by atomic mass is 35.5. The van der Waals surface area contributed by atoms with Crippen molar-refractivity contribution in [2.75, 3.05) is 11.4 Å². The van der Waals surface area contributed by atoms with E-state index in [1.54, 1.807) is 47.4 Å². The summed E-state index contributed by atoms with van der Waals surface area (Å²) in [6.07, 6.45) is -4.25. The fourth-order valence-corrected chi connectivity index (χ4v) is 3.47. The number of rotatable bonds is 4. The lowest BCUT2D eigenvalue weighted by molar-refractivity contribution is -0.168. The van der Waals surface area contributed by atoms with E-state index >= 15 is 0 Å². The lowest BCUT2D eigenvalue weighted by Gasteiger charge is -2.25. The van der Waals surface area contributed by atoms with Crippen LogP contribution >= 0.6 is 11.6 Å². The second kappa shape index (κ2) is 7.69. The molecular weight excluding hydrogens is 377 g/mol. The highest BCUT2D eigenvalue weighted by Crippen LogP contribution is 2.40. The number of benzene rings is 2. The van der Waals surface area contributed by atoms with Gasteiger partial charge in [0.1, 0.15) is 11.5 Å². The van der Waals surface area contributed by atoms with E-state index in [9.17, 15) is 13.2 Å². The van der Waals surface area contributed by atoms with Crippen LogP contribution in [-0.4, -0.2) is 18.8 Å². The predicted octanol–water partition coefficient (Wildman–Crippen LogP) is 6.11. The predicted molar refractivity (Wildman–Crippen MR) is 98.2 cm³/mol. The van der Waals surface area contributed by atoms with Crippen molar-refractivity contribution < 1.29 is 17.9 Å². The Morgan fingerprint density at radius 2 is 1.93 bits per heavy atom. The number of halogens is 4. The number of hydrogen-bond donors (Lipinski definition) is 0. The van der Waals surface area contributed by atoms with Crippen molar-refractivity contribution in [3.8, 4) is 17.6 Å². The average Bonchev–Trinajstić information content (AvgIpc) is 3.04. The minimum Gasteiger partial charge on any atom is -0.457 e. The van der Waals surface area contributed by atoms with Crippen molar-refractivity contribution in [2.24, 2.45) is 5.92 Å². The smallest absolute Gasteiger partial charge is 0.393 e. The van der Waals surface area contributed by atoms with Gasteiger partial charge in [-0.15, -0.1) is 0 Å². The van der Waals surface area contributed by atoms with Gasteiger partial charge < -0.3 is 9.64 Å². The van der Waals surface area contributed by atoms with E-state index in [0.29, 0.717) is 22.2 Å². The van der Waals surface area contributed by atoms with Crippen molar-refractivity contribution in [1.29, 1.82) is 5.26 Å². The van der Waals surface area contributed by atoms with Gasteiger partial charge in [0.25, 0.3) is 0 Å². The van der Waals surface area contributed by atoms with E-state index in [0.717, 1.165) is 5.56 Å². The zero-order valence-electron chi connectivity index (χ0n) is 14.6. The minimum absolute atomic E-state index is 0.0585. The highest BCUT2D eigenvalue weighted by molar-refractivity contribution is 6.31. The molecule has 0 aromatic heterocycles. The standard InChI is InChI=1S/C20H18ClF3N2O/c1-13-18(21)3-2-4-19(13)27-17-7-5-15(6-8-17)26-12-14(20(22,23)24)11-16(26)9-10-25/h2-8,14,16H,9,11-12H2,1H3/t14-,16+/m0/s1. The molecule has 1 fully saturated rings. The van der Waals surface area contributed by atoms with Crippen LogP contribution in [0.5, 0.6) is 11.5 Å². The number of hydrogen-bond acceptors (Lipinski definition) is 3. The van der Waals surface area contributed by atoms with Gasteiger partial charge in [-0.05, 0) is 49.7 Å². The molecule has 0 radical (unpaired) electrons. The summed E-state index contributed by atoms with van der Waals surface area (Å²) in [5.74, 6) is -0.232. The Labute approximate surface area is 160 Å². The van der Waals surface area contributed by atoms with Crippen LogP contribution in [0.3, 0.4) is 0 Å². The Morgan fingerprint density at radius 1 is 1.22 bits per heavy atom. The Morgan fingerprint density at radius 3 is 2.56 bits per heavy atom. The first kappa shape index (κ1) is 19.4. The van der Waals surface area contributed by atoms with Crippen LogP contribution in [0.4, 0.5) is 18.9 Å². The third-order valence-corrected chi connectivity index (χ3v) is 5.23. The molecule has 7 heteroatoms. The van der Waals surface area contributed by atoms with E-state index in [2.05, 4.69) is 0 Å². The van der Waals surface area contributed by atoms with Crippen LogP contribution in [0.1, 0.15) is 18.4 Å². The first-order chi connectivity index (χ1) is 12.8. The lowest BCUT2D eigenvalue weighted by atomic mass is 10.0. The SMILES string of the molecule is Cc1c(Cl)cccc1Oc1ccc(N2C[C@@H](C(F)(F)F)C[C@H]2CC#N)cc1. The molecule has 3 rings (SSSR count). The second-order valence-corrected chi connectivity index (χ2v) is 7.01. The molecule has 2 aromatic rings. The van der Waals surface area contributed by atoms with Crippen LogP contribution < -0.4 is 9.64 Å². The fourth-order valence-electron chi connectivity index (χ4n) is 3.30. The maximum Gasteiger partial charge on any atom is 0.393 e. The van der Waals surface area contributed by atoms with Gasteiger partial charge in [0, 0.05) is 28.9 Å². The largest absolute Gasteiger partial charge is 0.457 e. The van der Waals surface area contributed by atoms with Gasteiger partial charge in [-0.3, -0.25) is 0 Å². The molecule has 1 saturated heterocycles. The van der Waals surface area contributed by atoms with Crippen LogP contribution in [0, 0.1) is 24.2 Å². The van der Waals surface area contributed by atoms with Gasteiger partial charge in [-0.25, -0.2) is 0 Å². The van der Waals surface area contributed by atoms with Gasteiger partial charge >= 0.3 is 6.18 Å². The first-order valence-corrected chi connectivity index (χ1v) is 8.90. The molecule has 1 aliphatic rings. The summed E-state index contributed by atoms with van der Waals surface area (Å²) in [7, 11) is 0. The molecule has 0 N–H and O–H groups in total. The van der Waals surface area contributed by atoms with Gasteiger partial charge in [-0.2, -0.15) is 18.4 Å². The van der Waals surface area contributed by atoms with E-state index in [4.69, 9.17) is 21.6 Å². The van der Waals surface area contributed by atoms with Gasteiger partial charge in [0.2, 0.25) is 0 Å². The van der Waals surface area contributed by atoms with E-state index in [-0.39, 0.29) is 19.4 Å². The second-order valence-electron chi connectivity index (χ2n) is 6.60. The molecule has 27 heavy (non-hydrogen) atoms. The summed E-state index contributed by atoms with van der Waals surface area (Å²) in [4.78, 5) is 1.66. The molecule has 0 unspecified atom stereocenters. The summed E-state index contributed by atoms with van der Waals surface area (Å²) in [5.41, 5.74) is 1.46. The number of nitriles is 1. The van der Waals surface area contributed by atoms with Crippen molar-refractivity contribution >= 4 is 17.3 Å². The minimum atomic E-state index is -4.25. The normalized spacial score (nSPS) is 19.8. The monoisotopic (exact) mass is 394 g/mol. The van der Waals surface area contributed by atoms with Gasteiger partial charge in [-0.1, -0.05) is 17.7 Å². The average molecular weight is 395 g/mol. The molecule has 1 aliphatic heterocycles. The molecule has 1 heterocycles. The summed E-state index contributed by atoms with van der Waals surface area (Å²) in [6, 6.07) is 13.8. The first-order valence-electron chi connectivity index (χ1n) is 8.53. The third kappa shape index (κ3) is 4.30. The lowest BCUT2D eigenvalue weighted by Crippen LogP contribution is -2.30. The Bertz CT molecular complexity index is 846. The summed E-state index contributed by atoms with van der Waals surface area (Å²) in [6.45, 7) is 1.71. The molecule has 3 nitrogen and oxygen atoms in total. The molecule has 2 aromatic carbocycles. The molecule has 0 saturated carbocycles. The highest BCUT2D eigenvalue weighted by Gasteiger charge is 2.47. The quantitative estimate of drug-likeness (QED) is 0.627. The van der Waals surface area contributed by atoms with E-state index in [1.165, 1.54) is 0 Å². The molecular formula is C20H18ClF3N2O. The summed E-state index contributed by atoms with van der Waals surface area (Å²) >= 11 is 6.08. The fraction of sp³-hybridized carbons (Fsp3) is 0.350. The molecule has 0 aliphatic carbocycles. The Hall–Kier alpha value is -2.39. The van der Waals surface area contributed by atoms with Crippen LogP contribution in [0.15, 0.2) is 42.5 Å². The zero-order chi connectivity index (χ0) is 19.6. The number of alkyl halides is 3. The molecule has 2 atom stereocenters. The number of anilines is 1. The summed E-state index contributed by atoms with van der Waals surface area (Å²) < 4.78 is 45.1. The molecule has 0 spiro atoms. The summed E-state index contributed by atoms with van der Waals surface area (Å²) in [5, 5.41) is 9.54. The van der Waals surface area contributed by atoms with Crippen LogP contribution in [-0.2, 0) is 0 Å². The molecule has 0 bridgehead atoms. The number of nitrogens with zero attached hydrogens (tertiary/aromatic N) is 2. The molecule has 142 valence electrons. The van der Waals surface area contributed by atoms with Crippen LogP contribution in [0.25, 0.3) is 0 Å². The van der Waals surface area contributed by atoms with E-state index < -0.39 is 18.1 Å². The molecule has 0 amide bonds. The topological polar surface area (TPSA) is 36.3 Å². The Kier molecular flexibility index (Phi) is 5.52. The zero-order valence-corrected chi connectivity index (χ0v) is 15.4. The van der Waals surface area contributed by atoms with Crippen molar-refractivity contribution in [3.05, 3.63) is 53.1 Å². The third-order valence-electron chi connectivity index (χ3n) is 4.82. The van der Waals surface area contributed by atoms with Crippen LogP contribution in [0.2, 0.25) is 5.02 Å². The van der Waals surface area contributed by atoms with Crippen molar-refractivity contribution in [1.82, 2.24) is 0 Å². The number of ether oxygens (including phenoxy) is 1. The van der Waals surface area contributed by atoms with Gasteiger partial charge in [0.15, 0.2) is 0 Å². The van der Waals surface area contributed by atoms with E-state index in [1.807, 2.05) is 13.0 Å². The van der Waals surface area contributed by atoms with Crippen molar-refractivity contribution in [2.45, 2.75) is 32.0 Å². The Balaban J connectivity index is 1.78. The maximum atomic E-state index is 13.1. The maximum absolute atomic E-state index is 13.1. The van der Waals surface area contributed by atoms with Gasteiger partial charge in [0.05, 0.1) is 18.4 Å².